The Labute approximate surface area is 132 Å². The monoisotopic (exact) mass is 312 g/mol. The third-order valence-corrected chi connectivity index (χ3v) is 4.28. The van der Waals surface area contributed by atoms with Crippen molar-refractivity contribution in [1.29, 1.82) is 5.41 Å². The second-order valence-electron chi connectivity index (χ2n) is 4.76. The maximum Gasteiger partial charge on any atom is 0.212 e. The number of rotatable bonds is 5. The number of hydrogen-bond donors (Lipinski definition) is 2. The van der Waals surface area contributed by atoms with Gasteiger partial charge < -0.3 is 10.1 Å². The van der Waals surface area contributed by atoms with Crippen LogP contribution in [-0.4, -0.2) is 29.5 Å². The predicted octanol–water partition coefficient (Wildman–Crippen LogP) is 3.32. The smallest absolute Gasteiger partial charge is 0.212 e. The van der Waals surface area contributed by atoms with Crippen LogP contribution < -0.4 is 5.32 Å². The Morgan fingerprint density at radius 1 is 1.23 bits per heavy atom. The molecular formula is C16H16N4OS. The van der Waals surface area contributed by atoms with Crippen LogP contribution >= 0.6 is 11.3 Å². The zero-order chi connectivity index (χ0) is 15.4. The summed E-state index contributed by atoms with van der Waals surface area (Å²) in [5, 5.41) is 13.0. The zero-order valence-electron chi connectivity index (χ0n) is 12.2. The van der Waals surface area contributed by atoms with E-state index in [9.17, 15) is 0 Å². The van der Waals surface area contributed by atoms with Crippen molar-refractivity contribution in [2.24, 2.45) is 0 Å². The van der Waals surface area contributed by atoms with E-state index in [0.717, 1.165) is 34.6 Å². The van der Waals surface area contributed by atoms with E-state index in [2.05, 4.69) is 15.3 Å². The number of nitrogens with one attached hydrogen (secondary N) is 2. The first kappa shape index (κ1) is 14.5. The summed E-state index contributed by atoms with van der Waals surface area (Å²) in [5.74, 6) is 1.07. The van der Waals surface area contributed by atoms with Crippen molar-refractivity contribution in [3.05, 3.63) is 53.2 Å². The van der Waals surface area contributed by atoms with Crippen molar-refractivity contribution in [1.82, 2.24) is 9.97 Å². The predicted molar refractivity (Wildman–Crippen MR) is 89.9 cm³/mol. The first-order valence-electron chi connectivity index (χ1n) is 6.92. The van der Waals surface area contributed by atoms with Crippen LogP contribution in [0.4, 0.5) is 5.82 Å². The molecule has 0 radical (unpaired) electrons. The number of anilines is 1. The van der Waals surface area contributed by atoms with E-state index >= 15 is 0 Å². The highest BCUT2D eigenvalue weighted by molar-refractivity contribution is 7.17. The fourth-order valence-electron chi connectivity index (χ4n) is 2.18. The van der Waals surface area contributed by atoms with Gasteiger partial charge in [-0.2, -0.15) is 0 Å². The highest BCUT2D eigenvalue weighted by atomic mass is 32.1. The van der Waals surface area contributed by atoms with E-state index in [1.54, 1.807) is 17.7 Å². The molecule has 0 aliphatic rings. The van der Waals surface area contributed by atoms with Crippen molar-refractivity contribution in [2.75, 3.05) is 19.0 Å². The van der Waals surface area contributed by atoms with E-state index in [0.29, 0.717) is 0 Å². The van der Waals surface area contributed by atoms with Crippen molar-refractivity contribution < 1.29 is 4.74 Å². The molecule has 0 aliphatic heterocycles. The molecule has 2 aromatic heterocycles. The summed E-state index contributed by atoms with van der Waals surface area (Å²) in [6, 6.07) is 9.85. The number of fused-ring (bicyclic) bond motifs is 1. The highest BCUT2D eigenvalue weighted by Gasteiger charge is 2.04. The van der Waals surface area contributed by atoms with Gasteiger partial charge in [-0.25, -0.2) is 9.97 Å². The van der Waals surface area contributed by atoms with E-state index in [1.165, 1.54) is 12.7 Å². The molecule has 3 aromatic rings. The largest absolute Gasteiger partial charge is 0.481 e. The van der Waals surface area contributed by atoms with Gasteiger partial charge in [0.1, 0.15) is 12.1 Å². The zero-order valence-corrected chi connectivity index (χ0v) is 13.0. The average Bonchev–Trinajstić information content (AvgIpc) is 3.04. The standard InChI is InChI=1S/C16H16N4OS/c1-21-15(17)12-4-2-11(3-5-12)6-8-18-16-14-13(7-9-22-14)19-10-20-16/h2-5,7,9-10,17H,6,8H2,1H3,(H,18,19,20). The summed E-state index contributed by atoms with van der Waals surface area (Å²) in [7, 11) is 1.51. The Balaban J connectivity index is 1.61. The van der Waals surface area contributed by atoms with Crippen LogP contribution in [0.25, 0.3) is 10.2 Å². The van der Waals surface area contributed by atoms with E-state index in [4.69, 9.17) is 10.1 Å². The third kappa shape index (κ3) is 3.07. The van der Waals surface area contributed by atoms with E-state index in [-0.39, 0.29) is 5.90 Å². The Morgan fingerprint density at radius 2 is 2.05 bits per heavy atom. The summed E-state index contributed by atoms with van der Waals surface area (Å²) in [5.41, 5.74) is 2.97. The average molecular weight is 312 g/mol. The molecule has 0 spiro atoms. The van der Waals surface area contributed by atoms with Gasteiger partial charge in [0.2, 0.25) is 5.90 Å². The van der Waals surface area contributed by atoms with Crippen molar-refractivity contribution in [3.8, 4) is 0 Å². The van der Waals surface area contributed by atoms with Gasteiger partial charge in [0, 0.05) is 12.1 Å². The minimum absolute atomic E-state index is 0.186. The van der Waals surface area contributed by atoms with Gasteiger partial charge >= 0.3 is 0 Å². The maximum atomic E-state index is 7.61. The molecule has 112 valence electrons. The van der Waals surface area contributed by atoms with Crippen LogP contribution in [0, 0.1) is 5.41 Å². The third-order valence-electron chi connectivity index (χ3n) is 3.37. The van der Waals surface area contributed by atoms with Gasteiger partial charge in [0.25, 0.3) is 0 Å². The molecule has 6 heteroatoms. The molecule has 0 saturated carbocycles. The molecule has 2 N–H and O–H groups in total. The van der Waals surface area contributed by atoms with Gasteiger partial charge in [-0.3, -0.25) is 5.41 Å². The van der Waals surface area contributed by atoms with Crippen molar-refractivity contribution in [3.63, 3.8) is 0 Å². The molecule has 0 saturated heterocycles. The van der Waals surface area contributed by atoms with Gasteiger partial charge in [-0.15, -0.1) is 11.3 Å². The van der Waals surface area contributed by atoms with Crippen LogP contribution in [0.1, 0.15) is 11.1 Å². The maximum absolute atomic E-state index is 7.61. The summed E-state index contributed by atoms with van der Waals surface area (Å²) in [6.07, 6.45) is 2.47. The molecule has 2 heterocycles. The minimum atomic E-state index is 0.186. The quantitative estimate of drug-likeness (QED) is 0.560. The molecule has 0 atom stereocenters. The fraction of sp³-hybridized carbons (Fsp3) is 0.188. The first-order chi connectivity index (χ1) is 10.8. The molecule has 0 fully saturated rings. The normalized spacial score (nSPS) is 10.6. The van der Waals surface area contributed by atoms with Crippen LogP contribution in [-0.2, 0) is 11.2 Å². The number of benzene rings is 1. The SMILES string of the molecule is COC(=N)c1ccc(CCNc2ncnc3ccsc23)cc1. The molecule has 0 amide bonds. The van der Waals surface area contributed by atoms with Crippen LogP contribution in [0.2, 0.25) is 0 Å². The lowest BCUT2D eigenvalue weighted by Gasteiger charge is -2.07. The molecule has 0 aliphatic carbocycles. The summed E-state index contributed by atoms with van der Waals surface area (Å²) in [4.78, 5) is 8.53. The second kappa shape index (κ2) is 6.53. The Bertz CT molecular complexity index is 782. The lowest BCUT2D eigenvalue weighted by Crippen LogP contribution is -2.07. The number of methoxy groups -OCH3 is 1. The summed E-state index contributed by atoms with van der Waals surface area (Å²) >= 11 is 1.64. The number of ether oxygens (including phenoxy) is 1. The Hall–Kier alpha value is -2.47. The Kier molecular flexibility index (Phi) is 4.29. The molecule has 0 unspecified atom stereocenters. The molecule has 3 rings (SSSR count). The number of hydrogen-bond acceptors (Lipinski definition) is 6. The van der Waals surface area contributed by atoms with Crippen molar-refractivity contribution in [2.45, 2.75) is 6.42 Å². The lowest BCUT2D eigenvalue weighted by atomic mass is 10.1. The van der Waals surface area contributed by atoms with Gasteiger partial charge in [-0.1, -0.05) is 12.1 Å². The number of thiophene rings is 1. The Morgan fingerprint density at radius 3 is 2.82 bits per heavy atom. The molecule has 1 aromatic carbocycles. The topological polar surface area (TPSA) is 70.9 Å². The minimum Gasteiger partial charge on any atom is -0.481 e. The molecule has 0 bridgehead atoms. The van der Waals surface area contributed by atoms with Crippen LogP contribution in [0.15, 0.2) is 42.0 Å². The van der Waals surface area contributed by atoms with Gasteiger partial charge in [0.15, 0.2) is 0 Å². The van der Waals surface area contributed by atoms with E-state index in [1.807, 2.05) is 35.7 Å². The van der Waals surface area contributed by atoms with Gasteiger partial charge in [0.05, 0.1) is 17.3 Å². The summed E-state index contributed by atoms with van der Waals surface area (Å²) < 4.78 is 6.00. The first-order valence-corrected chi connectivity index (χ1v) is 7.80. The van der Waals surface area contributed by atoms with Crippen LogP contribution in [0.5, 0.6) is 0 Å². The molecular weight excluding hydrogens is 296 g/mol. The fourth-order valence-corrected chi connectivity index (χ4v) is 2.99. The number of aromatic nitrogens is 2. The number of nitrogens with zero attached hydrogens (tertiary/aromatic N) is 2. The highest BCUT2D eigenvalue weighted by Crippen LogP contribution is 2.24. The molecule has 5 nitrogen and oxygen atoms in total. The van der Waals surface area contributed by atoms with Gasteiger partial charge in [-0.05, 0) is 35.6 Å². The second-order valence-corrected chi connectivity index (χ2v) is 5.68. The molecule has 22 heavy (non-hydrogen) atoms. The van der Waals surface area contributed by atoms with Crippen LogP contribution in [0.3, 0.4) is 0 Å². The lowest BCUT2D eigenvalue weighted by molar-refractivity contribution is 0.401. The summed E-state index contributed by atoms with van der Waals surface area (Å²) in [6.45, 7) is 0.797. The van der Waals surface area contributed by atoms with Crippen molar-refractivity contribution >= 4 is 33.3 Å². The van der Waals surface area contributed by atoms with E-state index < -0.39 is 0 Å².